The van der Waals surface area contributed by atoms with Crippen LogP contribution in [0.3, 0.4) is 0 Å². The highest BCUT2D eigenvalue weighted by molar-refractivity contribution is 9.10. The van der Waals surface area contributed by atoms with E-state index in [1.54, 1.807) is 36.4 Å². The van der Waals surface area contributed by atoms with Gasteiger partial charge in [-0.05, 0) is 58.7 Å². The summed E-state index contributed by atoms with van der Waals surface area (Å²) in [4.78, 5) is 23.9. The number of halogens is 2. The quantitative estimate of drug-likeness (QED) is 0.747. The lowest BCUT2D eigenvalue weighted by molar-refractivity contribution is -0.119. The molecule has 0 unspecified atom stereocenters. The lowest BCUT2D eigenvalue weighted by Crippen LogP contribution is -2.21. The van der Waals surface area contributed by atoms with Crippen molar-refractivity contribution in [1.82, 2.24) is 0 Å². The van der Waals surface area contributed by atoms with E-state index in [-0.39, 0.29) is 0 Å². The van der Waals surface area contributed by atoms with Gasteiger partial charge in [-0.2, -0.15) is 0 Å². The topological polar surface area (TPSA) is 64.6 Å². The van der Waals surface area contributed by atoms with Crippen molar-refractivity contribution >= 4 is 45.1 Å². The summed E-state index contributed by atoms with van der Waals surface area (Å²) in [6, 6.07) is 9.92. The van der Waals surface area contributed by atoms with E-state index in [1.165, 1.54) is 7.11 Å². The Morgan fingerprint density at radius 3 is 2.62 bits per heavy atom. The van der Waals surface area contributed by atoms with Crippen molar-refractivity contribution in [3.8, 4) is 5.75 Å². The third-order valence-electron chi connectivity index (χ3n) is 3.20. The third-order valence-corrected chi connectivity index (χ3v) is 4.05. The molecule has 126 valence electrons. The standard InChI is InChI=1S/C17H15BrClNO4/c1-10-3-5-12(19)8-14(10)20-16(21)9-24-17(22)11-4-6-15(23-2)13(18)7-11/h3-8H,9H2,1-2H3,(H,20,21). The van der Waals surface area contributed by atoms with E-state index >= 15 is 0 Å². The number of methoxy groups -OCH3 is 1. The molecule has 0 radical (unpaired) electrons. The zero-order valence-electron chi connectivity index (χ0n) is 13.1. The summed E-state index contributed by atoms with van der Waals surface area (Å²) in [5, 5.41) is 3.17. The minimum absolute atomic E-state index is 0.314. The number of carbonyl (C=O) groups is 2. The number of rotatable bonds is 5. The van der Waals surface area contributed by atoms with Crippen molar-refractivity contribution in [1.29, 1.82) is 0 Å². The van der Waals surface area contributed by atoms with Crippen LogP contribution in [0.1, 0.15) is 15.9 Å². The number of amides is 1. The fourth-order valence-corrected chi connectivity index (χ4v) is 2.64. The summed E-state index contributed by atoms with van der Waals surface area (Å²) < 4.78 is 10.7. The lowest BCUT2D eigenvalue weighted by atomic mass is 10.2. The van der Waals surface area contributed by atoms with Gasteiger partial charge < -0.3 is 14.8 Å². The van der Waals surface area contributed by atoms with Crippen molar-refractivity contribution in [3.05, 3.63) is 57.0 Å². The number of anilines is 1. The molecule has 1 amide bonds. The van der Waals surface area contributed by atoms with Gasteiger partial charge in [-0.25, -0.2) is 4.79 Å². The Balaban J connectivity index is 1.95. The molecule has 0 aliphatic carbocycles. The number of ether oxygens (including phenoxy) is 2. The smallest absolute Gasteiger partial charge is 0.338 e. The van der Waals surface area contributed by atoms with Crippen molar-refractivity contribution < 1.29 is 19.1 Å². The molecule has 0 heterocycles. The number of hydrogen-bond acceptors (Lipinski definition) is 4. The first-order chi connectivity index (χ1) is 11.4. The van der Waals surface area contributed by atoms with Gasteiger partial charge in [0.05, 0.1) is 17.1 Å². The molecule has 0 saturated carbocycles. The largest absolute Gasteiger partial charge is 0.496 e. The highest BCUT2D eigenvalue weighted by Crippen LogP contribution is 2.25. The highest BCUT2D eigenvalue weighted by Gasteiger charge is 2.13. The lowest BCUT2D eigenvalue weighted by Gasteiger charge is -2.10. The van der Waals surface area contributed by atoms with Gasteiger partial charge in [0.25, 0.3) is 5.91 Å². The van der Waals surface area contributed by atoms with Gasteiger partial charge in [-0.1, -0.05) is 17.7 Å². The van der Waals surface area contributed by atoms with Gasteiger partial charge >= 0.3 is 5.97 Å². The molecule has 24 heavy (non-hydrogen) atoms. The van der Waals surface area contributed by atoms with E-state index in [0.29, 0.717) is 26.5 Å². The molecular weight excluding hydrogens is 398 g/mol. The summed E-state index contributed by atoms with van der Waals surface area (Å²) in [7, 11) is 1.53. The van der Waals surface area contributed by atoms with Gasteiger partial charge in [-0.15, -0.1) is 0 Å². The predicted molar refractivity (Wildman–Crippen MR) is 95.8 cm³/mol. The van der Waals surface area contributed by atoms with Crippen LogP contribution < -0.4 is 10.1 Å². The van der Waals surface area contributed by atoms with Gasteiger partial charge in [0.2, 0.25) is 0 Å². The van der Waals surface area contributed by atoms with Crippen molar-refractivity contribution in [2.75, 3.05) is 19.0 Å². The average Bonchev–Trinajstić information content (AvgIpc) is 2.56. The van der Waals surface area contributed by atoms with E-state index in [1.807, 2.05) is 6.92 Å². The van der Waals surface area contributed by atoms with Gasteiger partial charge in [0.15, 0.2) is 6.61 Å². The molecule has 5 nitrogen and oxygen atoms in total. The first-order valence-corrected chi connectivity index (χ1v) is 8.14. The van der Waals surface area contributed by atoms with Crippen LogP contribution in [0.5, 0.6) is 5.75 Å². The van der Waals surface area contributed by atoms with E-state index < -0.39 is 18.5 Å². The Morgan fingerprint density at radius 1 is 1.21 bits per heavy atom. The Kier molecular flexibility index (Phi) is 6.23. The number of nitrogens with one attached hydrogen (secondary N) is 1. The van der Waals surface area contributed by atoms with E-state index in [2.05, 4.69) is 21.2 Å². The number of aryl methyl sites for hydroxylation is 1. The molecule has 2 aromatic rings. The highest BCUT2D eigenvalue weighted by atomic mass is 79.9. The van der Waals surface area contributed by atoms with E-state index in [0.717, 1.165) is 5.56 Å². The summed E-state index contributed by atoms with van der Waals surface area (Å²) in [6.45, 7) is 1.45. The molecule has 0 aromatic heterocycles. The molecule has 0 atom stereocenters. The molecular formula is C17H15BrClNO4. The second kappa shape index (κ2) is 8.17. The Labute approximate surface area is 153 Å². The molecule has 7 heteroatoms. The molecule has 1 N–H and O–H groups in total. The van der Waals surface area contributed by atoms with Crippen LogP contribution in [0.15, 0.2) is 40.9 Å². The summed E-state index contributed by atoms with van der Waals surface area (Å²) in [6.07, 6.45) is 0. The maximum Gasteiger partial charge on any atom is 0.338 e. The van der Waals surface area contributed by atoms with Crippen LogP contribution in [0, 0.1) is 6.92 Å². The van der Waals surface area contributed by atoms with Gasteiger partial charge in [0.1, 0.15) is 5.75 Å². The van der Waals surface area contributed by atoms with Crippen molar-refractivity contribution in [2.45, 2.75) is 6.92 Å². The number of esters is 1. The van der Waals surface area contributed by atoms with Crippen molar-refractivity contribution in [2.24, 2.45) is 0 Å². The Morgan fingerprint density at radius 2 is 1.96 bits per heavy atom. The Bertz CT molecular complexity index is 779. The molecule has 0 aliphatic rings. The number of hydrogen-bond donors (Lipinski definition) is 1. The van der Waals surface area contributed by atoms with E-state index in [4.69, 9.17) is 21.1 Å². The van der Waals surface area contributed by atoms with Crippen LogP contribution in [0.25, 0.3) is 0 Å². The summed E-state index contributed by atoms with van der Waals surface area (Å²) in [5.41, 5.74) is 1.75. The fourth-order valence-electron chi connectivity index (χ4n) is 1.92. The predicted octanol–water partition coefficient (Wildman–Crippen LogP) is 4.22. The molecule has 0 fully saturated rings. The molecule has 0 bridgehead atoms. The normalized spacial score (nSPS) is 10.2. The first-order valence-electron chi connectivity index (χ1n) is 6.97. The summed E-state index contributed by atoms with van der Waals surface area (Å²) in [5.74, 6) is -0.446. The van der Waals surface area contributed by atoms with Crippen LogP contribution in [-0.4, -0.2) is 25.6 Å². The maximum atomic E-state index is 12.0. The molecule has 2 aromatic carbocycles. The molecule has 0 saturated heterocycles. The monoisotopic (exact) mass is 411 g/mol. The van der Waals surface area contributed by atoms with Gasteiger partial charge in [0, 0.05) is 10.7 Å². The third kappa shape index (κ3) is 4.72. The zero-order valence-corrected chi connectivity index (χ0v) is 15.4. The number of benzene rings is 2. The second-order valence-corrected chi connectivity index (χ2v) is 6.22. The minimum Gasteiger partial charge on any atom is -0.496 e. The van der Waals surface area contributed by atoms with Gasteiger partial charge in [-0.3, -0.25) is 4.79 Å². The van der Waals surface area contributed by atoms with Crippen LogP contribution in [0.2, 0.25) is 5.02 Å². The second-order valence-electron chi connectivity index (χ2n) is 4.93. The average molecular weight is 413 g/mol. The molecule has 0 spiro atoms. The number of carbonyl (C=O) groups excluding carboxylic acids is 2. The Hall–Kier alpha value is -2.05. The zero-order chi connectivity index (χ0) is 17.7. The summed E-state index contributed by atoms with van der Waals surface area (Å²) >= 11 is 9.19. The van der Waals surface area contributed by atoms with Crippen molar-refractivity contribution in [3.63, 3.8) is 0 Å². The van der Waals surface area contributed by atoms with Crippen LogP contribution in [-0.2, 0) is 9.53 Å². The first kappa shape index (κ1) is 18.3. The van der Waals surface area contributed by atoms with Crippen LogP contribution >= 0.6 is 27.5 Å². The minimum atomic E-state index is -0.601. The van der Waals surface area contributed by atoms with E-state index in [9.17, 15) is 9.59 Å². The molecule has 2 rings (SSSR count). The fraction of sp³-hybridized carbons (Fsp3) is 0.176. The molecule has 0 aliphatic heterocycles. The maximum absolute atomic E-state index is 12.0. The van der Waals surface area contributed by atoms with Crippen LogP contribution in [0.4, 0.5) is 5.69 Å². The SMILES string of the molecule is COc1ccc(C(=O)OCC(=O)Nc2cc(Cl)ccc2C)cc1Br.